The Labute approximate surface area is 132 Å². The second-order valence-corrected chi connectivity index (χ2v) is 11.4. The Hall–Kier alpha value is 0.254. The Kier molecular flexibility index (Phi) is 12.9. The van der Waals surface area contributed by atoms with E-state index in [9.17, 15) is 0 Å². The molecule has 2 rings (SSSR count). The first-order valence-corrected chi connectivity index (χ1v) is 11.1. The number of nitrogens with zero attached hydrogens (tertiary/aromatic N) is 2. The molecule has 0 saturated carbocycles. The van der Waals surface area contributed by atoms with Crippen molar-refractivity contribution in [2.45, 2.75) is 13.8 Å². The van der Waals surface area contributed by atoms with Crippen LogP contribution in [0.4, 0.5) is 0 Å². The third kappa shape index (κ3) is 12.5. The van der Waals surface area contributed by atoms with Crippen molar-refractivity contribution in [2.75, 3.05) is 0 Å². The van der Waals surface area contributed by atoms with Gasteiger partial charge in [-0.3, -0.25) is 9.97 Å². The molecule has 0 spiro atoms. The van der Waals surface area contributed by atoms with Gasteiger partial charge in [0.05, 0.1) is 0 Å². The van der Waals surface area contributed by atoms with Crippen LogP contribution in [-0.4, -0.2) is 9.97 Å². The molecule has 2 nitrogen and oxygen atoms in total. The molecule has 0 aliphatic heterocycles. The number of hydrogen-bond donors (Lipinski definition) is 0. The molecule has 0 aliphatic rings. The SMILES string of the molecule is Cc1cccnc1.Cc1cccnc1.[I][Ni][I]. The average molecular weight is 499 g/mol. The van der Waals surface area contributed by atoms with Crippen LogP contribution in [0.5, 0.6) is 0 Å². The summed E-state index contributed by atoms with van der Waals surface area (Å²) >= 11 is 4.43. The predicted molar refractivity (Wildman–Crippen MR) is 86.0 cm³/mol. The van der Waals surface area contributed by atoms with Crippen LogP contribution in [0, 0.1) is 13.8 Å². The van der Waals surface area contributed by atoms with Crippen LogP contribution in [0.25, 0.3) is 0 Å². The molecule has 0 fully saturated rings. The average Bonchev–Trinajstić information content (AvgIpc) is 2.33. The van der Waals surface area contributed by atoms with Gasteiger partial charge in [0.15, 0.2) is 0 Å². The third-order valence-electron chi connectivity index (χ3n) is 1.62. The number of pyridine rings is 2. The minimum absolute atomic E-state index is 1.21. The van der Waals surface area contributed by atoms with Crippen molar-refractivity contribution in [3.05, 3.63) is 60.2 Å². The van der Waals surface area contributed by atoms with Gasteiger partial charge in [0.25, 0.3) is 0 Å². The van der Waals surface area contributed by atoms with Crippen LogP contribution in [0.15, 0.2) is 49.1 Å². The van der Waals surface area contributed by atoms with E-state index in [0.29, 0.717) is 0 Å². The number of halogens is 2. The molecule has 2 aromatic heterocycles. The summed E-state index contributed by atoms with van der Waals surface area (Å²) in [5.41, 5.74) is 2.42. The fourth-order valence-electron chi connectivity index (χ4n) is 0.896. The number of aryl methyl sites for hydroxylation is 2. The van der Waals surface area contributed by atoms with Crippen molar-refractivity contribution in [1.82, 2.24) is 9.97 Å². The predicted octanol–water partition coefficient (Wildman–Crippen LogP) is 4.55. The van der Waals surface area contributed by atoms with E-state index >= 15 is 0 Å². The van der Waals surface area contributed by atoms with E-state index in [1.807, 2.05) is 50.5 Å². The molecule has 0 aromatic carbocycles. The van der Waals surface area contributed by atoms with Gasteiger partial charge in [0.2, 0.25) is 0 Å². The summed E-state index contributed by atoms with van der Waals surface area (Å²) in [7, 11) is 1.56. The molecule has 0 bridgehead atoms. The molecule has 2 heterocycles. The van der Waals surface area contributed by atoms with Gasteiger partial charge in [0, 0.05) is 24.8 Å². The quantitative estimate of drug-likeness (QED) is 0.393. The van der Waals surface area contributed by atoms with E-state index < -0.39 is 0 Å². The summed E-state index contributed by atoms with van der Waals surface area (Å²) in [5, 5.41) is 0. The topological polar surface area (TPSA) is 25.8 Å². The van der Waals surface area contributed by atoms with E-state index in [2.05, 4.69) is 50.9 Å². The molecule has 0 unspecified atom stereocenters. The maximum atomic E-state index is 3.88. The molecule has 96 valence electrons. The molecular formula is C12H14I2N2Ni. The minimum atomic E-state index is 1.21. The Morgan fingerprint density at radius 3 is 1.35 bits per heavy atom. The summed E-state index contributed by atoms with van der Waals surface area (Å²) in [6.07, 6.45) is 7.21. The zero-order valence-electron chi connectivity index (χ0n) is 9.59. The van der Waals surface area contributed by atoms with Gasteiger partial charge in [-0.1, -0.05) is 12.1 Å². The second-order valence-electron chi connectivity index (χ2n) is 3.11. The van der Waals surface area contributed by atoms with Crippen LogP contribution in [0.2, 0.25) is 0 Å². The van der Waals surface area contributed by atoms with Crippen LogP contribution in [0.3, 0.4) is 0 Å². The van der Waals surface area contributed by atoms with E-state index in [1.54, 1.807) is 20.5 Å². The van der Waals surface area contributed by atoms with Crippen LogP contribution < -0.4 is 0 Å². The number of rotatable bonds is 0. The van der Waals surface area contributed by atoms with Crippen LogP contribution >= 0.6 is 41.0 Å². The molecule has 0 amide bonds. The van der Waals surface area contributed by atoms with E-state index in [-0.39, 0.29) is 0 Å². The first-order chi connectivity index (χ1) is 8.20. The summed E-state index contributed by atoms with van der Waals surface area (Å²) in [4.78, 5) is 7.77. The number of aromatic nitrogens is 2. The van der Waals surface area contributed by atoms with E-state index in [0.717, 1.165) is 0 Å². The van der Waals surface area contributed by atoms with Crippen molar-refractivity contribution in [3.8, 4) is 0 Å². The molecule has 0 N–H and O–H groups in total. The van der Waals surface area contributed by atoms with E-state index in [1.165, 1.54) is 11.1 Å². The summed E-state index contributed by atoms with van der Waals surface area (Å²) in [5.74, 6) is 0. The molecule has 0 saturated heterocycles. The van der Waals surface area contributed by atoms with Gasteiger partial charge in [0.1, 0.15) is 0 Å². The Bertz CT molecular complexity index is 333. The van der Waals surface area contributed by atoms with Crippen molar-refractivity contribution in [1.29, 1.82) is 0 Å². The van der Waals surface area contributed by atoms with E-state index in [4.69, 9.17) is 0 Å². The normalized spacial score (nSPS) is 8.47. The molecule has 2 aromatic rings. The maximum absolute atomic E-state index is 3.88. The third-order valence-corrected chi connectivity index (χ3v) is 1.62. The van der Waals surface area contributed by atoms with Crippen LogP contribution in [-0.2, 0) is 8.07 Å². The van der Waals surface area contributed by atoms with Gasteiger partial charge in [-0.25, -0.2) is 0 Å². The molecule has 0 atom stereocenters. The van der Waals surface area contributed by atoms with Crippen molar-refractivity contribution in [2.24, 2.45) is 0 Å². The standard InChI is InChI=1S/2C6H7N.2HI.Ni/c2*1-6-3-2-4-7-5-6;;;/h2*2-5H,1H3;2*1H;/q;;;;+2/p-2. The van der Waals surface area contributed by atoms with Crippen LogP contribution in [0.1, 0.15) is 11.1 Å². The van der Waals surface area contributed by atoms with Gasteiger partial charge >= 0.3 is 49.0 Å². The van der Waals surface area contributed by atoms with Gasteiger partial charge in [-0.05, 0) is 37.1 Å². The monoisotopic (exact) mass is 498 g/mol. The van der Waals surface area contributed by atoms with Crippen molar-refractivity contribution in [3.63, 3.8) is 0 Å². The first-order valence-electron chi connectivity index (χ1n) is 4.76. The fraction of sp³-hybridized carbons (Fsp3) is 0.167. The van der Waals surface area contributed by atoms with Gasteiger partial charge in [-0.15, -0.1) is 0 Å². The molecule has 0 radical (unpaired) electrons. The fourth-order valence-corrected chi connectivity index (χ4v) is 0.896. The first kappa shape index (κ1) is 17.3. The summed E-state index contributed by atoms with van der Waals surface area (Å²) in [6, 6.07) is 7.89. The van der Waals surface area contributed by atoms with Gasteiger partial charge in [-0.2, -0.15) is 0 Å². The Morgan fingerprint density at radius 2 is 1.24 bits per heavy atom. The zero-order chi connectivity index (χ0) is 12.9. The van der Waals surface area contributed by atoms with Gasteiger partial charge < -0.3 is 0 Å². The second kappa shape index (κ2) is 12.7. The molecule has 17 heavy (non-hydrogen) atoms. The molecule has 0 aliphatic carbocycles. The zero-order valence-corrected chi connectivity index (χ0v) is 14.9. The summed E-state index contributed by atoms with van der Waals surface area (Å²) in [6.45, 7) is 4.04. The number of hydrogen-bond acceptors (Lipinski definition) is 2. The molecular weight excluding hydrogens is 485 g/mol. The Morgan fingerprint density at radius 1 is 0.882 bits per heavy atom. The molecule has 5 heteroatoms. The van der Waals surface area contributed by atoms with Crippen molar-refractivity contribution < 1.29 is 8.07 Å². The Balaban J connectivity index is 0.000000247. The van der Waals surface area contributed by atoms with Crippen molar-refractivity contribution >= 4 is 41.0 Å². The summed E-state index contributed by atoms with van der Waals surface area (Å²) < 4.78 is 0.